The van der Waals surface area contributed by atoms with Crippen LogP contribution in [0.2, 0.25) is 0 Å². The molecule has 0 aliphatic carbocycles. The number of amidine groups is 1. The number of hydrogen-bond donors (Lipinski definition) is 1. The van der Waals surface area contributed by atoms with Crippen LogP contribution < -0.4 is 5.32 Å². The second-order valence-electron chi connectivity index (χ2n) is 3.73. The van der Waals surface area contributed by atoms with Gasteiger partial charge in [-0.25, -0.2) is 0 Å². The summed E-state index contributed by atoms with van der Waals surface area (Å²) in [5, 5.41) is 3.12. The lowest BCUT2D eigenvalue weighted by Crippen LogP contribution is -2.20. The normalized spacial score (nSPS) is 14.6. The average molecular weight is 222 g/mol. The van der Waals surface area contributed by atoms with Gasteiger partial charge in [-0.05, 0) is 34.1 Å². The number of nitrogens with zero attached hydrogens (tertiary/aromatic N) is 1. The molecule has 0 aliphatic rings. The Morgan fingerprint density at radius 1 is 1.25 bits per heavy atom. The molecule has 0 atom stereocenters. The second-order valence-corrected chi connectivity index (χ2v) is 3.73. The van der Waals surface area contributed by atoms with Crippen molar-refractivity contribution in [2.45, 2.75) is 41.0 Å². The van der Waals surface area contributed by atoms with E-state index in [-0.39, 0.29) is 0 Å². The molecule has 90 valence electrons. The lowest BCUT2D eigenvalue weighted by Gasteiger charge is -2.08. The van der Waals surface area contributed by atoms with Crippen molar-refractivity contribution in [1.29, 1.82) is 0 Å². The molecule has 0 bridgehead atoms. The van der Waals surface area contributed by atoms with Crippen LogP contribution in [0.4, 0.5) is 0 Å². The number of carbonyl (C=O) groups is 1. The molecular formula is C13H22N2O. The van der Waals surface area contributed by atoms with Crippen LogP contribution in [-0.4, -0.2) is 18.7 Å². The third kappa shape index (κ3) is 5.49. The van der Waals surface area contributed by atoms with Crippen LogP contribution in [0.25, 0.3) is 0 Å². The fourth-order valence-corrected chi connectivity index (χ4v) is 1.22. The molecule has 0 rings (SSSR count). The first-order valence-electron chi connectivity index (χ1n) is 5.66. The second kappa shape index (κ2) is 7.85. The Morgan fingerprint density at radius 2 is 1.88 bits per heavy atom. The largest absolute Gasteiger partial charge is 0.347 e. The third-order valence-corrected chi connectivity index (χ3v) is 2.28. The summed E-state index contributed by atoms with van der Waals surface area (Å²) in [6.07, 6.45) is 3.74. The van der Waals surface area contributed by atoms with Gasteiger partial charge in [0.2, 0.25) is 0 Å². The van der Waals surface area contributed by atoms with Crippen LogP contribution >= 0.6 is 0 Å². The molecule has 3 nitrogen and oxygen atoms in total. The van der Waals surface area contributed by atoms with Gasteiger partial charge in [0, 0.05) is 17.8 Å². The van der Waals surface area contributed by atoms with Gasteiger partial charge in [-0.3, -0.25) is 9.79 Å². The van der Waals surface area contributed by atoms with Crippen molar-refractivity contribution in [2.24, 2.45) is 4.99 Å². The van der Waals surface area contributed by atoms with Gasteiger partial charge in [0.15, 0.2) is 6.29 Å². The zero-order chi connectivity index (χ0) is 12.6. The Labute approximate surface area is 98.3 Å². The van der Waals surface area contributed by atoms with Crippen LogP contribution in [0, 0.1) is 0 Å². The van der Waals surface area contributed by atoms with Crippen LogP contribution in [0.15, 0.2) is 27.9 Å². The van der Waals surface area contributed by atoms with Gasteiger partial charge in [-0.2, -0.15) is 0 Å². The molecule has 0 fully saturated rings. The maximum atomic E-state index is 11.0. The number of allylic oxidation sites excluding steroid dienone is 4. The molecule has 0 saturated heterocycles. The zero-order valence-corrected chi connectivity index (χ0v) is 10.9. The molecule has 0 spiro atoms. The quantitative estimate of drug-likeness (QED) is 0.255. The van der Waals surface area contributed by atoms with Crippen molar-refractivity contribution in [2.75, 3.05) is 6.54 Å². The van der Waals surface area contributed by atoms with E-state index < -0.39 is 0 Å². The molecule has 0 saturated carbocycles. The van der Waals surface area contributed by atoms with Gasteiger partial charge in [-0.15, -0.1) is 0 Å². The van der Waals surface area contributed by atoms with E-state index in [2.05, 4.69) is 17.2 Å². The average Bonchev–Trinajstić information content (AvgIpc) is 2.25. The van der Waals surface area contributed by atoms with E-state index in [1.54, 1.807) is 0 Å². The highest BCUT2D eigenvalue weighted by Gasteiger charge is 2.00. The lowest BCUT2D eigenvalue weighted by molar-refractivity contribution is -0.104. The molecule has 0 radical (unpaired) electrons. The molecular weight excluding hydrogens is 200 g/mol. The van der Waals surface area contributed by atoms with E-state index in [0.717, 1.165) is 30.8 Å². The standard InChI is InChI=1S/C13H22N2O/c1-6-10(3)8-13(9-16)11(4)15-12(5)14-7-2/h8-9H,6-7H2,1-5H3,(H,14,15)/b10-8-,13-11+. The number of aliphatic imine (C=N–C) groups is 1. The third-order valence-electron chi connectivity index (χ3n) is 2.28. The molecule has 16 heavy (non-hydrogen) atoms. The highest BCUT2D eigenvalue weighted by Crippen LogP contribution is 2.07. The van der Waals surface area contributed by atoms with Crippen molar-refractivity contribution < 1.29 is 4.79 Å². The Hall–Kier alpha value is -1.38. The first-order valence-corrected chi connectivity index (χ1v) is 5.66. The number of aldehydes is 1. The van der Waals surface area contributed by atoms with E-state index in [1.165, 1.54) is 5.57 Å². The maximum Gasteiger partial charge on any atom is 0.151 e. The predicted octanol–water partition coefficient (Wildman–Crippen LogP) is 2.84. The first kappa shape index (κ1) is 14.6. The van der Waals surface area contributed by atoms with Crippen molar-refractivity contribution in [3.8, 4) is 0 Å². The van der Waals surface area contributed by atoms with Crippen LogP contribution in [-0.2, 0) is 4.79 Å². The topological polar surface area (TPSA) is 41.5 Å². The van der Waals surface area contributed by atoms with Crippen LogP contribution in [0.3, 0.4) is 0 Å². The molecule has 1 N–H and O–H groups in total. The molecule has 0 amide bonds. The zero-order valence-electron chi connectivity index (χ0n) is 10.9. The maximum absolute atomic E-state index is 11.0. The number of nitrogens with one attached hydrogen (secondary N) is 1. The Balaban J connectivity index is 4.89. The van der Waals surface area contributed by atoms with Gasteiger partial charge in [0.05, 0.1) is 5.84 Å². The van der Waals surface area contributed by atoms with Crippen molar-refractivity contribution in [3.63, 3.8) is 0 Å². The van der Waals surface area contributed by atoms with Gasteiger partial charge in [0.25, 0.3) is 0 Å². The summed E-state index contributed by atoms with van der Waals surface area (Å²) in [6, 6.07) is 0. The number of hydrogen-bond acceptors (Lipinski definition) is 2. The summed E-state index contributed by atoms with van der Waals surface area (Å²) in [5.74, 6) is 0.835. The Kier molecular flexibility index (Phi) is 7.18. The summed E-state index contributed by atoms with van der Waals surface area (Å²) in [4.78, 5) is 15.2. The molecule has 3 heteroatoms. The molecule has 0 aromatic rings. The molecule has 0 aliphatic heterocycles. The summed E-state index contributed by atoms with van der Waals surface area (Å²) < 4.78 is 0. The summed E-state index contributed by atoms with van der Waals surface area (Å²) in [6.45, 7) is 10.6. The minimum absolute atomic E-state index is 0.685. The Bertz CT molecular complexity index is 325. The van der Waals surface area contributed by atoms with Crippen LogP contribution in [0.5, 0.6) is 0 Å². The summed E-state index contributed by atoms with van der Waals surface area (Å²) in [5.41, 5.74) is 2.72. The Morgan fingerprint density at radius 3 is 2.31 bits per heavy atom. The van der Waals surface area contributed by atoms with E-state index in [0.29, 0.717) is 5.57 Å². The number of carbonyl (C=O) groups excluding carboxylic acids is 1. The highest BCUT2D eigenvalue weighted by molar-refractivity contribution is 5.85. The molecule has 0 unspecified atom stereocenters. The summed E-state index contributed by atoms with van der Waals surface area (Å²) >= 11 is 0. The van der Waals surface area contributed by atoms with Gasteiger partial charge in [-0.1, -0.05) is 18.6 Å². The van der Waals surface area contributed by atoms with E-state index >= 15 is 0 Å². The van der Waals surface area contributed by atoms with Gasteiger partial charge in [0.1, 0.15) is 0 Å². The smallest absolute Gasteiger partial charge is 0.151 e. The van der Waals surface area contributed by atoms with Gasteiger partial charge < -0.3 is 5.32 Å². The fourth-order valence-electron chi connectivity index (χ4n) is 1.22. The lowest BCUT2D eigenvalue weighted by atomic mass is 10.1. The predicted molar refractivity (Wildman–Crippen MR) is 69.6 cm³/mol. The van der Waals surface area contributed by atoms with Crippen LogP contribution in [0.1, 0.15) is 41.0 Å². The summed E-state index contributed by atoms with van der Waals surface area (Å²) in [7, 11) is 0. The van der Waals surface area contributed by atoms with Crippen molar-refractivity contribution in [3.05, 3.63) is 22.9 Å². The SMILES string of the molecule is CCN=C(C)N/C(C)=C(C=O)\C=C(\C)CC. The molecule has 0 aromatic heterocycles. The van der Waals surface area contributed by atoms with Crippen molar-refractivity contribution in [1.82, 2.24) is 5.32 Å². The minimum Gasteiger partial charge on any atom is -0.347 e. The molecule has 0 aromatic carbocycles. The highest BCUT2D eigenvalue weighted by atomic mass is 16.1. The van der Waals surface area contributed by atoms with E-state index in [4.69, 9.17) is 0 Å². The number of rotatable bonds is 5. The van der Waals surface area contributed by atoms with E-state index in [1.807, 2.05) is 33.8 Å². The fraction of sp³-hybridized carbons (Fsp3) is 0.538. The van der Waals surface area contributed by atoms with Crippen molar-refractivity contribution >= 4 is 12.1 Å². The van der Waals surface area contributed by atoms with Gasteiger partial charge >= 0.3 is 0 Å². The van der Waals surface area contributed by atoms with E-state index in [9.17, 15) is 4.79 Å². The molecule has 0 heterocycles. The first-order chi connectivity index (χ1) is 7.54. The monoisotopic (exact) mass is 222 g/mol. The minimum atomic E-state index is 0.685.